The number of aryl methyl sites for hydroxylation is 2. The van der Waals surface area contributed by atoms with Crippen LogP contribution in [0.3, 0.4) is 0 Å². The zero-order valence-electron chi connectivity index (χ0n) is 27.1. The summed E-state index contributed by atoms with van der Waals surface area (Å²) in [6.45, 7) is 4.57. The standard InChI is InChI=1S/C36H67O2PS2/c1-3-5-7-9-11-13-15-17-19-21-23-25-27-29-34-31-35(33-36(32-34)38-39(37,40)41)30-28-26-24-22-20-18-16-14-12-10-8-6-4-2/h31-33H,3-30H2,1-2H3,(H2,37,40,41)/p-2. The summed E-state index contributed by atoms with van der Waals surface area (Å²) in [5.74, 6) is 0.607. The number of rotatable bonds is 30. The SMILES string of the molecule is CCCCCCCCCCCCCCCc1cc(CCCCCCCCCCCCCCC)cc(O[P+]([O-])([S-])[S-])c1. The molecule has 0 bridgehead atoms. The van der Waals surface area contributed by atoms with E-state index in [0.717, 1.165) is 12.8 Å². The summed E-state index contributed by atoms with van der Waals surface area (Å²) < 4.78 is 5.51. The van der Waals surface area contributed by atoms with Crippen LogP contribution in [0.25, 0.3) is 0 Å². The fourth-order valence-electron chi connectivity index (χ4n) is 5.89. The van der Waals surface area contributed by atoms with Crippen LogP contribution >= 0.6 is 6.12 Å². The number of hydrogen-bond donors (Lipinski definition) is 0. The topological polar surface area (TPSA) is 32.3 Å². The second-order valence-electron chi connectivity index (χ2n) is 12.5. The monoisotopic (exact) mass is 624 g/mol. The highest BCUT2D eigenvalue weighted by Crippen LogP contribution is 2.46. The minimum absolute atomic E-state index is 0.607. The minimum atomic E-state index is -3.38. The maximum atomic E-state index is 12.0. The van der Waals surface area contributed by atoms with E-state index in [4.69, 9.17) is 29.0 Å². The third-order valence-corrected chi connectivity index (χ3v) is 9.26. The first kappa shape index (κ1) is 39.1. The van der Waals surface area contributed by atoms with Crippen LogP contribution < -0.4 is 9.42 Å². The molecule has 1 rings (SSSR count). The molecule has 0 fully saturated rings. The van der Waals surface area contributed by atoms with Crippen LogP contribution in [0.4, 0.5) is 0 Å². The van der Waals surface area contributed by atoms with Gasteiger partial charge in [-0.15, -0.1) is 6.12 Å². The normalized spacial score (nSPS) is 11.8. The molecule has 0 heterocycles. The molecule has 0 unspecified atom stereocenters. The van der Waals surface area contributed by atoms with Crippen LogP contribution in [-0.2, 0) is 37.3 Å². The van der Waals surface area contributed by atoms with Crippen molar-refractivity contribution >= 4 is 30.6 Å². The smallest absolute Gasteiger partial charge is 0.168 e. The van der Waals surface area contributed by atoms with Gasteiger partial charge in [-0.2, -0.15) is 0 Å². The van der Waals surface area contributed by atoms with E-state index in [1.54, 1.807) is 0 Å². The third-order valence-electron chi connectivity index (χ3n) is 8.38. The van der Waals surface area contributed by atoms with Gasteiger partial charge in [0.2, 0.25) is 0 Å². The lowest BCUT2D eigenvalue weighted by Gasteiger charge is -2.42. The lowest BCUT2D eigenvalue weighted by molar-refractivity contribution is -0.169. The van der Waals surface area contributed by atoms with Gasteiger partial charge >= 0.3 is 0 Å². The molecule has 5 heteroatoms. The second-order valence-corrected chi connectivity index (χ2v) is 17.2. The predicted octanol–water partition coefficient (Wildman–Crippen LogP) is 12.5. The van der Waals surface area contributed by atoms with Crippen LogP contribution in [0.1, 0.15) is 192 Å². The highest BCUT2D eigenvalue weighted by atomic mass is 33.1. The zero-order chi connectivity index (χ0) is 29.9. The molecule has 0 N–H and O–H groups in total. The molecular weight excluding hydrogens is 560 g/mol. The van der Waals surface area contributed by atoms with Gasteiger partial charge in [0.25, 0.3) is 0 Å². The Bertz CT molecular complexity index is 659. The molecule has 0 aliphatic rings. The van der Waals surface area contributed by atoms with Crippen LogP contribution in [0.15, 0.2) is 18.2 Å². The van der Waals surface area contributed by atoms with Gasteiger partial charge in [-0.3, -0.25) is 0 Å². The van der Waals surface area contributed by atoms with Crippen molar-refractivity contribution in [3.8, 4) is 5.75 Å². The van der Waals surface area contributed by atoms with Crippen LogP contribution in [0, 0.1) is 0 Å². The predicted molar refractivity (Wildman–Crippen MR) is 188 cm³/mol. The van der Waals surface area contributed by atoms with Crippen molar-refractivity contribution in [1.29, 1.82) is 0 Å². The summed E-state index contributed by atoms with van der Waals surface area (Å²) in [5.41, 5.74) is 2.54. The Labute approximate surface area is 267 Å². The Balaban J connectivity index is 2.21. The fourth-order valence-corrected chi connectivity index (χ4v) is 6.77. The highest BCUT2D eigenvalue weighted by Gasteiger charge is 2.06. The Hall–Kier alpha value is 0.110. The summed E-state index contributed by atoms with van der Waals surface area (Å²) in [4.78, 5) is 12.0. The quantitative estimate of drug-likeness (QED) is 0.0484. The van der Waals surface area contributed by atoms with E-state index < -0.39 is 6.12 Å². The number of unbranched alkanes of at least 4 members (excludes halogenated alkanes) is 24. The molecule has 0 radical (unpaired) electrons. The van der Waals surface area contributed by atoms with Gasteiger partial charge in [0, 0.05) is 0 Å². The van der Waals surface area contributed by atoms with Gasteiger partial charge < -0.3 is 33.9 Å². The molecule has 1 aromatic rings. The zero-order valence-corrected chi connectivity index (χ0v) is 29.6. The molecule has 0 saturated carbocycles. The summed E-state index contributed by atoms with van der Waals surface area (Å²) in [7, 11) is 0. The van der Waals surface area contributed by atoms with Gasteiger partial charge in [-0.05, 0) is 48.9 Å². The Morgan fingerprint density at radius 2 is 0.732 bits per heavy atom. The number of hydrogen-bond acceptors (Lipinski definition) is 4. The summed E-state index contributed by atoms with van der Waals surface area (Å²) in [5, 5.41) is 0. The molecule has 0 amide bonds. The summed E-state index contributed by atoms with van der Waals surface area (Å²) in [6, 6.07) is 6.35. The molecular formula is C36H65O2PS2-2. The molecule has 0 saturated heterocycles. The summed E-state index contributed by atoms with van der Waals surface area (Å²) >= 11 is 9.79. The highest BCUT2D eigenvalue weighted by molar-refractivity contribution is 8.69. The van der Waals surface area contributed by atoms with Crippen LogP contribution in [0.2, 0.25) is 0 Å². The largest absolute Gasteiger partial charge is 0.682 e. The third kappa shape index (κ3) is 26.2. The van der Waals surface area contributed by atoms with E-state index in [2.05, 4.69) is 19.9 Å². The van der Waals surface area contributed by atoms with Gasteiger partial charge in [0.1, 0.15) is 0 Å². The second kappa shape index (κ2) is 27.6. The Morgan fingerprint density at radius 3 is 1.00 bits per heavy atom. The molecule has 240 valence electrons. The van der Waals surface area contributed by atoms with E-state index in [0.29, 0.717) is 5.75 Å². The molecule has 0 spiro atoms. The van der Waals surface area contributed by atoms with Crippen molar-refractivity contribution in [1.82, 2.24) is 0 Å². The van der Waals surface area contributed by atoms with Gasteiger partial charge in [0.05, 0.1) is 0 Å². The molecule has 0 aliphatic heterocycles. The van der Waals surface area contributed by atoms with E-state index in [9.17, 15) is 4.89 Å². The van der Waals surface area contributed by atoms with Crippen molar-refractivity contribution in [2.24, 2.45) is 0 Å². The average molecular weight is 625 g/mol. The van der Waals surface area contributed by atoms with Gasteiger partial charge in [0.15, 0.2) is 5.75 Å². The maximum absolute atomic E-state index is 12.0. The van der Waals surface area contributed by atoms with Crippen molar-refractivity contribution in [2.45, 2.75) is 194 Å². The van der Waals surface area contributed by atoms with E-state index in [1.165, 1.54) is 178 Å². The lowest BCUT2D eigenvalue weighted by Crippen LogP contribution is -2.09. The van der Waals surface area contributed by atoms with Crippen LogP contribution in [0.5, 0.6) is 5.75 Å². The number of benzene rings is 1. The Morgan fingerprint density at radius 1 is 0.463 bits per heavy atom. The van der Waals surface area contributed by atoms with Crippen LogP contribution in [-0.4, -0.2) is 0 Å². The molecule has 0 aromatic heterocycles. The first-order valence-corrected chi connectivity index (χ1v) is 21.4. The maximum Gasteiger partial charge on any atom is 0.168 e. The average Bonchev–Trinajstić information content (AvgIpc) is 2.93. The first-order chi connectivity index (χ1) is 19.9. The van der Waals surface area contributed by atoms with Crippen molar-refractivity contribution in [2.75, 3.05) is 0 Å². The molecule has 1 aromatic carbocycles. The fraction of sp³-hybridized carbons (Fsp3) is 0.833. The molecule has 0 aliphatic carbocycles. The van der Waals surface area contributed by atoms with Gasteiger partial charge in [-0.1, -0.05) is 174 Å². The van der Waals surface area contributed by atoms with Crippen molar-refractivity contribution < 1.29 is 9.42 Å². The van der Waals surface area contributed by atoms with E-state index >= 15 is 0 Å². The minimum Gasteiger partial charge on any atom is -0.682 e. The van der Waals surface area contributed by atoms with Crippen molar-refractivity contribution in [3.05, 3.63) is 29.3 Å². The van der Waals surface area contributed by atoms with Crippen molar-refractivity contribution in [3.63, 3.8) is 0 Å². The molecule has 0 atom stereocenters. The molecule has 41 heavy (non-hydrogen) atoms. The Kier molecular flexibility index (Phi) is 26.4. The van der Waals surface area contributed by atoms with E-state index in [1.807, 2.05) is 12.1 Å². The van der Waals surface area contributed by atoms with Gasteiger partial charge in [-0.25, -0.2) is 0 Å². The lowest BCUT2D eigenvalue weighted by atomic mass is 9.99. The summed E-state index contributed by atoms with van der Waals surface area (Å²) in [6.07, 6.45) is 34.3. The van der Waals surface area contributed by atoms with E-state index in [-0.39, 0.29) is 0 Å². The molecule has 2 nitrogen and oxygen atoms in total. The first-order valence-electron chi connectivity index (χ1n) is 17.8.